The predicted octanol–water partition coefficient (Wildman–Crippen LogP) is 2.52. The molecule has 1 aromatic heterocycles. The molecule has 1 aliphatic carbocycles. The number of aromatic nitrogens is 1. The quantitative estimate of drug-likeness (QED) is 0.903. The van der Waals surface area contributed by atoms with Crippen molar-refractivity contribution < 1.29 is 14.7 Å². The van der Waals surface area contributed by atoms with Crippen molar-refractivity contribution in [1.29, 1.82) is 0 Å². The first-order valence-electron chi connectivity index (χ1n) is 6.70. The topological polar surface area (TPSA) is 79.3 Å². The SMILES string of the molecule is O=C(O)c1ccncc1NC(=O)C1CC1c1ccccc1. The van der Waals surface area contributed by atoms with Gasteiger partial charge in [0.15, 0.2) is 0 Å². The van der Waals surface area contributed by atoms with Crippen molar-refractivity contribution in [3.05, 3.63) is 59.9 Å². The van der Waals surface area contributed by atoms with E-state index in [0.29, 0.717) is 0 Å². The molecule has 2 N–H and O–H groups in total. The van der Waals surface area contributed by atoms with Crippen LogP contribution in [0.3, 0.4) is 0 Å². The highest BCUT2D eigenvalue weighted by atomic mass is 16.4. The van der Waals surface area contributed by atoms with Crippen molar-refractivity contribution in [2.45, 2.75) is 12.3 Å². The second-order valence-electron chi connectivity index (χ2n) is 5.08. The number of benzene rings is 1. The minimum atomic E-state index is -1.08. The molecule has 1 saturated carbocycles. The van der Waals surface area contributed by atoms with Gasteiger partial charge in [-0.1, -0.05) is 30.3 Å². The van der Waals surface area contributed by atoms with Crippen molar-refractivity contribution in [3.63, 3.8) is 0 Å². The zero-order chi connectivity index (χ0) is 14.8. The number of carbonyl (C=O) groups is 2. The molecule has 0 saturated heterocycles. The Morgan fingerprint density at radius 3 is 2.67 bits per heavy atom. The summed E-state index contributed by atoms with van der Waals surface area (Å²) in [6.07, 6.45) is 3.54. The summed E-state index contributed by atoms with van der Waals surface area (Å²) in [6, 6.07) is 11.2. The minimum absolute atomic E-state index is 0.0512. The Balaban J connectivity index is 1.70. The van der Waals surface area contributed by atoms with Crippen LogP contribution in [0, 0.1) is 5.92 Å². The maximum Gasteiger partial charge on any atom is 0.337 e. The number of rotatable bonds is 4. The van der Waals surface area contributed by atoms with Crippen molar-refractivity contribution in [1.82, 2.24) is 4.98 Å². The lowest BCUT2D eigenvalue weighted by Gasteiger charge is -2.07. The summed E-state index contributed by atoms with van der Waals surface area (Å²) in [4.78, 5) is 27.2. The Morgan fingerprint density at radius 1 is 1.19 bits per heavy atom. The number of amides is 1. The number of pyridine rings is 1. The minimum Gasteiger partial charge on any atom is -0.478 e. The predicted molar refractivity (Wildman–Crippen MR) is 77.1 cm³/mol. The molecule has 21 heavy (non-hydrogen) atoms. The molecule has 1 heterocycles. The third-order valence-electron chi connectivity index (χ3n) is 3.66. The molecule has 0 radical (unpaired) electrons. The van der Waals surface area contributed by atoms with E-state index in [0.717, 1.165) is 12.0 Å². The van der Waals surface area contributed by atoms with Crippen LogP contribution >= 0.6 is 0 Å². The summed E-state index contributed by atoms with van der Waals surface area (Å²) in [5, 5.41) is 11.8. The molecule has 1 aliphatic rings. The van der Waals surface area contributed by atoms with Gasteiger partial charge in [-0.25, -0.2) is 4.79 Å². The number of carbonyl (C=O) groups excluding carboxylic acids is 1. The average molecular weight is 282 g/mol. The maximum atomic E-state index is 12.2. The molecular weight excluding hydrogens is 268 g/mol. The number of aromatic carboxylic acids is 1. The zero-order valence-corrected chi connectivity index (χ0v) is 11.2. The van der Waals surface area contributed by atoms with Gasteiger partial charge in [-0.3, -0.25) is 9.78 Å². The lowest BCUT2D eigenvalue weighted by molar-refractivity contribution is -0.117. The average Bonchev–Trinajstić information content (AvgIpc) is 3.29. The second-order valence-corrected chi connectivity index (χ2v) is 5.08. The van der Waals surface area contributed by atoms with Gasteiger partial charge in [-0.05, 0) is 24.0 Å². The molecule has 0 aliphatic heterocycles. The van der Waals surface area contributed by atoms with E-state index in [2.05, 4.69) is 10.3 Å². The summed E-state index contributed by atoms with van der Waals surface area (Å²) >= 11 is 0. The molecule has 2 unspecified atom stereocenters. The highest BCUT2D eigenvalue weighted by Crippen LogP contribution is 2.47. The van der Waals surface area contributed by atoms with Crippen molar-refractivity contribution in [2.75, 3.05) is 5.32 Å². The Labute approximate surface area is 121 Å². The summed E-state index contributed by atoms with van der Waals surface area (Å²) in [5.41, 5.74) is 1.44. The van der Waals surface area contributed by atoms with Gasteiger partial charge in [0.2, 0.25) is 5.91 Å². The molecule has 0 spiro atoms. The molecule has 0 bridgehead atoms. The van der Waals surface area contributed by atoms with Gasteiger partial charge < -0.3 is 10.4 Å². The van der Waals surface area contributed by atoms with Crippen molar-refractivity contribution in [3.8, 4) is 0 Å². The van der Waals surface area contributed by atoms with E-state index < -0.39 is 5.97 Å². The fourth-order valence-corrected chi connectivity index (χ4v) is 2.46. The first-order valence-corrected chi connectivity index (χ1v) is 6.70. The standard InChI is InChI=1S/C16H14N2O3/c19-15(13-8-12(13)10-4-2-1-3-5-10)18-14-9-17-7-6-11(14)16(20)21/h1-7,9,12-13H,8H2,(H,18,19)(H,20,21). The monoisotopic (exact) mass is 282 g/mol. The number of carboxylic acids is 1. The summed E-state index contributed by atoms with van der Waals surface area (Å²) in [5.74, 6) is -1.12. The lowest BCUT2D eigenvalue weighted by atomic mass is 10.1. The van der Waals surface area contributed by atoms with Gasteiger partial charge in [-0.2, -0.15) is 0 Å². The van der Waals surface area contributed by atoms with E-state index in [4.69, 9.17) is 5.11 Å². The van der Waals surface area contributed by atoms with Gasteiger partial charge in [0, 0.05) is 12.1 Å². The number of hydrogen-bond acceptors (Lipinski definition) is 3. The second kappa shape index (κ2) is 5.36. The lowest BCUT2D eigenvalue weighted by Crippen LogP contribution is -2.17. The summed E-state index contributed by atoms with van der Waals surface area (Å²) < 4.78 is 0. The maximum absolute atomic E-state index is 12.2. The van der Waals surface area contributed by atoms with E-state index in [1.54, 1.807) is 0 Å². The largest absolute Gasteiger partial charge is 0.478 e. The molecule has 3 rings (SSSR count). The molecule has 1 amide bonds. The van der Waals surface area contributed by atoms with Crippen LogP contribution in [-0.2, 0) is 4.79 Å². The Kier molecular flexibility index (Phi) is 3.39. The molecule has 2 aromatic rings. The van der Waals surface area contributed by atoms with Gasteiger partial charge in [-0.15, -0.1) is 0 Å². The van der Waals surface area contributed by atoms with Crippen LogP contribution in [0.2, 0.25) is 0 Å². The molecule has 5 nitrogen and oxygen atoms in total. The normalized spacial score (nSPS) is 19.8. The fourth-order valence-electron chi connectivity index (χ4n) is 2.46. The van der Waals surface area contributed by atoms with Crippen LogP contribution in [0.5, 0.6) is 0 Å². The molecule has 1 aromatic carbocycles. The van der Waals surface area contributed by atoms with Crippen LogP contribution in [-0.4, -0.2) is 22.0 Å². The first kappa shape index (κ1) is 13.3. The van der Waals surface area contributed by atoms with E-state index in [9.17, 15) is 9.59 Å². The van der Waals surface area contributed by atoms with Crippen LogP contribution in [0.25, 0.3) is 0 Å². The molecule has 1 fully saturated rings. The van der Waals surface area contributed by atoms with E-state index in [-0.39, 0.29) is 29.0 Å². The number of anilines is 1. The number of nitrogens with zero attached hydrogens (tertiary/aromatic N) is 1. The molecule has 5 heteroatoms. The van der Waals surface area contributed by atoms with Crippen LogP contribution in [0.15, 0.2) is 48.8 Å². The number of hydrogen-bond donors (Lipinski definition) is 2. The zero-order valence-electron chi connectivity index (χ0n) is 11.2. The van der Waals surface area contributed by atoms with Crippen LogP contribution in [0.4, 0.5) is 5.69 Å². The van der Waals surface area contributed by atoms with E-state index >= 15 is 0 Å². The van der Waals surface area contributed by atoms with Gasteiger partial charge in [0.05, 0.1) is 17.4 Å². The van der Waals surface area contributed by atoms with Crippen molar-refractivity contribution >= 4 is 17.6 Å². The van der Waals surface area contributed by atoms with Crippen LogP contribution < -0.4 is 5.32 Å². The molecular formula is C16H14N2O3. The van der Waals surface area contributed by atoms with Crippen molar-refractivity contribution in [2.24, 2.45) is 5.92 Å². The molecule has 2 atom stereocenters. The van der Waals surface area contributed by atoms with E-state index in [1.165, 1.54) is 18.5 Å². The Hall–Kier alpha value is -2.69. The first-order chi connectivity index (χ1) is 10.2. The third kappa shape index (κ3) is 2.76. The van der Waals surface area contributed by atoms with Gasteiger partial charge >= 0.3 is 5.97 Å². The van der Waals surface area contributed by atoms with Gasteiger partial charge in [0.1, 0.15) is 0 Å². The van der Waals surface area contributed by atoms with Crippen LogP contribution in [0.1, 0.15) is 28.3 Å². The molecule has 106 valence electrons. The number of nitrogens with one attached hydrogen (secondary N) is 1. The Bertz CT molecular complexity index is 685. The smallest absolute Gasteiger partial charge is 0.337 e. The fraction of sp³-hybridized carbons (Fsp3) is 0.188. The van der Waals surface area contributed by atoms with Gasteiger partial charge in [0.25, 0.3) is 0 Å². The van der Waals surface area contributed by atoms with E-state index in [1.807, 2.05) is 30.3 Å². The number of carboxylic acid groups (broad SMARTS) is 1. The summed E-state index contributed by atoms with van der Waals surface area (Å²) in [6.45, 7) is 0. The third-order valence-corrected chi connectivity index (χ3v) is 3.66. The Morgan fingerprint density at radius 2 is 1.95 bits per heavy atom. The summed E-state index contributed by atoms with van der Waals surface area (Å²) in [7, 11) is 0. The highest BCUT2D eigenvalue weighted by molar-refractivity contribution is 6.01. The highest BCUT2D eigenvalue weighted by Gasteiger charge is 2.44.